The van der Waals surface area contributed by atoms with Gasteiger partial charge in [-0.15, -0.1) is 0 Å². The fourth-order valence-corrected chi connectivity index (χ4v) is 3.60. The van der Waals surface area contributed by atoms with Crippen LogP contribution in [-0.4, -0.2) is 25.3 Å². The summed E-state index contributed by atoms with van der Waals surface area (Å²) in [6, 6.07) is 5.46. The molecule has 1 aliphatic carbocycles. The molecule has 1 N–H and O–H groups in total. The molecule has 1 aromatic carbocycles. The van der Waals surface area contributed by atoms with Crippen LogP contribution in [0.15, 0.2) is 22.7 Å². The third-order valence-corrected chi connectivity index (χ3v) is 4.87. The van der Waals surface area contributed by atoms with Gasteiger partial charge in [0.25, 0.3) is 0 Å². The predicted molar refractivity (Wildman–Crippen MR) is 83.5 cm³/mol. The average Bonchev–Trinajstić information content (AvgIpc) is 2.91. The summed E-state index contributed by atoms with van der Waals surface area (Å²) in [6.45, 7) is 2.96. The van der Waals surface area contributed by atoms with Crippen molar-refractivity contribution in [2.75, 3.05) is 13.7 Å². The number of ether oxygens (including phenoxy) is 1. The van der Waals surface area contributed by atoms with Crippen molar-refractivity contribution >= 4 is 15.9 Å². The minimum Gasteiger partial charge on any atom is -0.377 e. The largest absolute Gasteiger partial charge is 0.377 e. The van der Waals surface area contributed by atoms with E-state index in [4.69, 9.17) is 4.74 Å². The second kappa shape index (κ2) is 7.01. The van der Waals surface area contributed by atoms with Crippen LogP contribution in [0.2, 0.25) is 0 Å². The fourth-order valence-electron chi connectivity index (χ4n) is 3.27. The lowest BCUT2D eigenvalue weighted by Crippen LogP contribution is -2.51. The quantitative estimate of drug-likeness (QED) is 0.840. The van der Waals surface area contributed by atoms with Gasteiger partial charge < -0.3 is 10.1 Å². The van der Waals surface area contributed by atoms with Gasteiger partial charge in [-0.2, -0.15) is 0 Å². The van der Waals surface area contributed by atoms with Crippen molar-refractivity contribution < 1.29 is 9.13 Å². The van der Waals surface area contributed by atoms with E-state index < -0.39 is 0 Å². The van der Waals surface area contributed by atoms with Crippen LogP contribution in [-0.2, 0) is 11.2 Å². The van der Waals surface area contributed by atoms with Gasteiger partial charge in [0, 0.05) is 17.6 Å². The van der Waals surface area contributed by atoms with Gasteiger partial charge in [-0.1, -0.05) is 41.8 Å². The van der Waals surface area contributed by atoms with E-state index in [0.29, 0.717) is 6.42 Å². The molecule has 0 amide bonds. The maximum absolute atomic E-state index is 14.1. The summed E-state index contributed by atoms with van der Waals surface area (Å²) in [5, 5.41) is 3.50. The molecular formula is C16H23BrFNO. The van der Waals surface area contributed by atoms with Crippen LogP contribution in [0.4, 0.5) is 4.39 Å². The zero-order valence-electron chi connectivity index (χ0n) is 12.2. The van der Waals surface area contributed by atoms with E-state index >= 15 is 0 Å². The lowest BCUT2D eigenvalue weighted by molar-refractivity contribution is -0.0353. The van der Waals surface area contributed by atoms with Crippen LogP contribution >= 0.6 is 15.9 Å². The van der Waals surface area contributed by atoms with Crippen molar-refractivity contribution in [2.24, 2.45) is 0 Å². The Morgan fingerprint density at radius 1 is 1.40 bits per heavy atom. The molecule has 1 aromatic rings. The van der Waals surface area contributed by atoms with Crippen molar-refractivity contribution in [3.8, 4) is 0 Å². The highest BCUT2D eigenvalue weighted by Gasteiger charge is 2.41. The molecule has 0 aromatic heterocycles. The molecule has 0 bridgehead atoms. The van der Waals surface area contributed by atoms with Crippen molar-refractivity contribution in [3.05, 3.63) is 34.1 Å². The van der Waals surface area contributed by atoms with Gasteiger partial charge in [-0.05, 0) is 43.5 Å². The zero-order valence-corrected chi connectivity index (χ0v) is 13.8. The molecule has 20 heavy (non-hydrogen) atoms. The fraction of sp³-hybridized carbons (Fsp3) is 0.625. The first kappa shape index (κ1) is 15.9. The highest BCUT2D eigenvalue weighted by Crippen LogP contribution is 2.37. The number of likely N-dealkylation sites (N-methyl/N-ethyl adjacent to an activating group) is 1. The molecule has 0 radical (unpaired) electrons. The van der Waals surface area contributed by atoms with Gasteiger partial charge in [0.1, 0.15) is 5.82 Å². The smallest absolute Gasteiger partial charge is 0.127 e. The number of halogens is 2. The Hall–Kier alpha value is -0.450. The summed E-state index contributed by atoms with van der Waals surface area (Å²) in [5.74, 6) is -0.147. The van der Waals surface area contributed by atoms with Crippen molar-refractivity contribution in [1.29, 1.82) is 0 Å². The van der Waals surface area contributed by atoms with E-state index in [1.807, 2.05) is 12.1 Å². The molecule has 1 atom stereocenters. The molecule has 0 heterocycles. The number of rotatable bonds is 6. The first-order valence-electron chi connectivity index (χ1n) is 7.34. The van der Waals surface area contributed by atoms with Crippen LogP contribution in [0.5, 0.6) is 0 Å². The van der Waals surface area contributed by atoms with Crippen LogP contribution in [0.3, 0.4) is 0 Å². The second-order valence-electron chi connectivity index (χ2n) is 5.53. The Bertz CT molecular complexity index is 446. The molecular weight excluding hydrogens is 321 g/mol. The van der Waals surface area contributed by atoms with Crippen molar-refractivity contribution in [1.82, 2.24) is 5.32 Å². The lowest BCUT2D eigenvalue weighted by Gasteiger charge is -2.37. The molecule has 0 saturated heterocycles. The van der Waals surface area contributed by atoms with Gasteiger partial charge in [-0.25, -0.2) is 4.39 Å². The number of nitrogens with one attached hydrogen (secondary N) is 1. The molecule has 1 fully saturated rings. The van der Waals surface area contributed by atoms with E-state index in [2.05, 4.69) is 28.2 Å². The maximum atomic E-state index is 14.1. The third kappa shape index (κ3) is 3.41. The maximum Gasteiger partial charge on any atom is 0.127 e. The average molecular weight is 344 g/mol. The first-order valence-corrected chi connectivity index (χ1v) is 8.13. The normalized spacial score (nSPS) is 19.2. The van der Waals surface area contributed by atoms with Gasteiger partial charge >= 0.3 is 0 Å². The number of hydrogen-bond acceptors (Lipinski definition) is 2. The van der Waals surface area contributed by atoms with Crippen LogP contribution < -0.4 is 5.32 Å². The van der Waals surface area contributed by atoms with E-state index in [1.165, 1.54) is 18.9 Å². The Kier molecular flexibility index (Phi) is 5.58. The SMILES string of the molecule is CCNC(Cc1ccc(Br)cc1F)C1(OC)CCCC1. The van der Waals surface area contributed by atoms with E-state index in [9.17, 15) is 4.39 Å². The standard InChI is InChI=1S/C16H23BrFNO/c1-3-19-15(16(20-2)8-4-5-9-16)10-12-6-7-13(17)11-14(12)18/h6-7,11,15,19H,3-5,8-10H2,1-2H3. The van der Waals surface area contributed by atoms with E-state index in [0.717, 1.165) is 29.4 Å². The molecule has 4 heteroatoms. The van der Waals surface area contributed by atoms with Crippen LogP contribution in [0.1, 0.15) is 38.2 Å². The van der Waals surface area contributed by atoms with Gasteiger partial charge in [-0.3, -0.25) is 0 Å². The lowest BCUT2D eigenvalue weighted by atomic mass is 9.87. The monoisotopic (exact) mass is 343 g/mol. The molecule has 0 spiro atoms. The van der Waals surface area contributed by atoms with Crippen LogP contribution in [0, 0.1) is 5.82 Å². The number of hydrogen-bond donors (Lipinski definition) is 1. The summed E-state index contributed by atoms with van der Waals surface area (Å²) in [5.41, 5.74) is 0.609. The summed E-state index contributed by atoms with van der Waals surface area (Å²) in [4.78, 5) is 0. The highest BCUT2D eigenvalue weighted by atomic mass is 79.9. The van der Waals surface area contributed by atoms with Gasteiger partial charge in [0.05, 0.1) is 5.60 Å². The Morgan fingerprint density at radius 3 is 2.65 bits per heavy atom. The minimum atomic E-state index is -0.147. The summed E-state index contributed by atoms with van der Waals surface area (Å²) >= 11 is 3.30. The highest BCUT2D eigenvalue weighted by molar-refractivity contribution is 9.10. The van der Waals surface area contributed by atoms with E-state index in [1.54, 1.807) is 7.11 Å². The topological polar surface area (TPSA) is 21.3 Å². The van der Waals surface area contributed by atoms with Gasteiger partial charge in [0.15, 0.2) is 0 Å². The van der Waals surface area contributed by atoms with Crippen molar-refractivity contribution in [2.45, 2.75) is 50.7 Å². The summed E-state index contributed by atoms with van der Waals surface area (Å²) < 4.78 is 20.7. The molecule has 0 aliphatic heterocycles. The number of methoxy groups -OCH3 is 1. The van der Waals surface area contributed by atoms with Gasteiger partial charge in [0.2, 0.25) is 0 Å². The Morgan fingerprint density at radius 2 is 2.10 bits per heavy atom. The summed E-state index contributed by atoms with van der Waals surface area (Å²) in [6.07, 6.45) is 5.16. The Labute approximate surface area is 129 Å². The summed E-state index contributed by atoms with van der Waals surface area (Å²) in [7, 11) is 1.79. The van der Waals surface area contributed by atoms with Crippen molar-refractivity contribution in [3.63, 3.8) is 0 Å². The second-order valence-corrected chi connectivity index (χ2v) is 6.44. The zero-order chi connectivity index (χ0) is 14.6. The molecule has 2 nitrogen and oxygen atoms in total. The Balaban J connectivity index is 2.20. The molecule has 1 unspecified atom stereocenters. The molecule has 1 saturated carbocycles. The number of benzene rings is 1. The van der Waals surface area contributed by atoms with Crippen LogP contribution in [0.25, 0.3) is 0 Å². The predicted octanol–water partition coefficient (Wildman–Crippen LogP) is 4.07. The van der Waals surface area contributed by atoms with E-state index in [-0.39, 0.29) is 17.5 Å². The first-order chi connectivity index (χ1) is 9.61. The molecule has 2 rings (SSSR count). The molecule has 112 valence electrons. The third-order valence-electron chi connectivity index (χ3n) is 4.38. The molecule has 1 aliphatic rings. The minimum absolute atomic E-state index is 0.143.